The number of nitrogens with one attached hydrogen (secondary N) is 2. The summed E-state index contributed by atoms with van der Waals surface area (Å²) in [6, 6.07) is 0.586. The highest BCUT2D eigenvalue weighted by Crippen LogP contribution is 2.60. The van der Waals surface area contributed by atoms with Gasteiger partial charge >= 0.3 is 0 Å². The van der Waals surface area contributed by atoms with Gasteiger partial charge in [-0.3, -0.25) is 4.79 Å². The Labute approximate surface area is 110 Å². The minimum Gasteiger partial charge on any atom is -0.356 e. The van der Waals surface area contributed by atoms with E-state index in [1.54, 1.807) is 0 Å². The maximum Gasteiger partial charge on any atom is 0.220 e. The molecule has 3 nitrogen and oxygen atoms in total. The van der Waals surface area contributed by atoms with Crippen molar-refractivity contribution >= 4 is 5.91 Å². The second-order valence-electron chi connectivity index (χ2n) is 6.60. The molecule has 3 aliphatic rings. The third-order valence-corrected chi connectivity index (χ3v) is 5.11. The van der Waals surface area contributed by atoms with Crippen molar-refractivity contribution in [1.82, 2.24) is 10.6 Å². The molecule has 2 N–H and O–H groups in total. The average Bonchev–Trinajstić information content (AvgIpc) is 3.28. The number of carbonyl (C=O) groups excluding carboxylic acids is 1. The van der Waals surface area contributed by atoms with Gasteiger partial charge in [0.15, 0.2) is 0 Å². The van der Waals surface area contributed by atoms with Crippen LogP contribution in [0, 0.1) is 11.3 Å². The lowest BCUT2D eigenvalue weighted by Gasteiger charge is -2.23. The zero-order valence-electron chi connectivity index (χ0n) is 11.3. The van der Waals surface area contributed by atoms with E-state index >= 15 is 0 Å². The Bertz CT molecular complexity index is 302. The second kappa shape index (κ2) is 5.20. The summed E-state index contributed by atoms with van der Waals surface area (Å²) in [5, 5.41) is 6.69. The van der Waals surface area contributed by atoms with Gasteiger partial charge in [-0.05, 0) is 62.8 Å². The third kappa shape index (κ3) is 3.05. The molecule has 0 aromatic carbocycles. The fourth-order valence-electron chi connectivity index (χ4n) is 3.42. The summed E-state index contributed by atoms with van der Waals surface area (Å²) in [6.45, 7) is 2.09. The van der Waals surface area contributed by atoms with Crippen molar-refractivity contribution < 1.29 is 4.79 Å². The Morgan fingerprint density at radius 1 is 1.22 bits per heavy atom. The number of amides is 1. The topological polar surface area (TPSA) is 41.1 Å². The van der Waals surface area contributed by atoms with Crippen molar-refractivity contribution in [2.24, 2.45) is 11.3 Å². The van der Waals surface area contributed by atoms with Gasteiger partial charge in [0.25, 0.3) is 0 Å². The minimum atomic E-state index is 0.272. The van der Waals surface area contributed by atoms with E-state index in [-0.39, 0.29) is 5.91 Å². The van der Waals surface area contributed by atoms with E-state index in [9.17, 15) is 4.79 Å². The molecule has 3 heteroatoms. The lowest BCUT2D eigenvalue weighted by Crippen LogP contribution is -2.36. The van der Waals surface area contributed by atoms with Crippen molar-refractivity contribution in [2.75, 3.05) is 13.1 Å². The van der Waals surface area contributed by atoms with Gasteiger partial charge < -0.3 is 10.6 Å². The number of carbonyl (C=O) groups is 1. The molecule has 2 saturated carbocycles. The number of hydrogen-bond donors (Lipinski definition) is 2. The van der Waals surface area contributed by atoms with Gasteiger partial charge in [-0.1, -0.05) is 6.42 Å². The van der Waals surface area contributed by atoms with E-state index in [1.807, 2.05) is 0 Å². The Morgan fingerprint density at radius 2 is 2.06 bits per heavy atom. The fraction of sp³-hybridized carbons (Fsp3) is 0.933. The van der Waals surface area contributed by atoms with Crippen molar-refractivity contribution in [3.05, 3.63) is 0 Å². The molecule has 0 aromatic rings. The molecule has 1 atom stereocenters. The highest BCUT2D eigenvalue weighted by atomic mass is 16.1. The van der Waals surface area contributed by atoms with Gasteiger partial charge in [0.05, 0.1) is 0 Å². The first-order valence-corrected chi connectivity index (χ1v) is 7.79. The van der Waals surface area contributed by atoms with Crippen LogP contribution < -0.4 is 10.6 Å². The van der Waals surface area contributed by atoms with Crippen molar-refractivity contribution in [1.29, 1.82) is 0 Å². The van der Waals surface area contributed by atoms with Crippen LogP contribution in [0.2, 0.25) is 0 Å². The Kier molecular flexibility index (Phi) is 3.60. The normalized spacial score (nSPS) is 29.9. The van der Waals surface area contributed by atoms with Crippen molar-refractivity contribution in [2.45, 2.75) is 63.8 Å². The molecule has 0 aromatic heterocycles. The fourth-order valence-corrected chi connectivity index (χ4v) is 3.42. The summed E-state index contributed by atoms with van der Waals surface area (Å²) in [7, 11) is 0. The monoisotopic (exact) mass is 250 g/mol. The molecular formula is C15H26N2O. The molecule has 1 heterocycles. The molecule has 3 rings (SSSR count). The van der Waals surface area contributed by atoms with E-state index in [0.29, 0.717) is 17.9 Å². The van der Waals surface area contributed by atoms with Gasteiger partial charge in [-0.15, -0.1) is 0 Å². The third-order valence-electron chi connectivity index (χ3n) is 5.11. The summed E-state index contributed by atoms with van der Waals surface area (Å²) in [5.74, 6) is 1.21. The van der Waals surface area contributed by atoms with Gasteiger partial charge in [0, 0.05) is 19.0 Å². The Morgan fingerprint density at radius 3 is 2.67 bits per heavy atom. The molecule has 3 fully saturated rings. The van der Waals surface area contributed by atoms with Crippen LogP contribution in [-0.2, 0) is 4.79 Å². The van der Waals surface area contributed by atoms with Crippen LogP contribution in [0.15, 0.2) is 0 Å². The molecule has 0 spiro atoms. The molecule has 1 unspecified atom stereocenters. The summed E-state index contributed by atoms with van der Waals surface area (Å²) in [6.07, 6.45) is 11.1. The largest absolute Gasteiger partial charge is 0.356 e. The molecule has 0 bridgehead atoms. The smallest absolute Gasteiger partial charge is 0.220 e. The Hall–Kier alpha value is -0.570. The molecule has 2 aliphatic carbocycles. The van der Waals surface area contributed by atoms with Gasteiger partial charge in [-0.2, -0.15) is 0 Å². The van der Waals surface area contributed by atoms with E-state index in [1.165, 1.54) is 44.9 Å². The van der Waals surface area contributed by atoms with Gasteiger partial charge in [0.1, 0.15) is 0 Å². The minimum absolute atomic E-state index is 0.272. The molecule has 1 saturated heterocycles. The molecule has 102 valence electrons. The van der Waals surface area contributed by atoms with Crippen LogP contribution in [0.25, 0.3) is 0 Å². The standard InChI is InChI=1S/C15H26N2O/c18-14(7-6-13-3-1-2-10-16-13)17-11-15(8-9-15)12-4-5-12/h12-13,16H,1-11H2,(H,17,18). The van der Waals surface area contributed by atoms with Crippen LogP contribution in [0.1, 0.15) is 57.8 Å². The lowest BCUT2D eigenvalue weighted by molar-refractivity contribution is -0.121. The van der Waals surface area contributed by atoms with E-state index in [4.69, 9.17) is 0 Å². The first-order chi connectivity index (χ1) is 8.78. The average molecular weight is 250 g/mol. The van der Waals surface area contributed by atoms with Crippen LogP contribution >= 0.6 is 0 Å². The summed E-state index contributed by atoms with van der Waals surface area (Å²) >= 11 is 0. The lowest BCUT2D eigenvalue weighted by atomic mass is 9.99. The SMILES string of the molecule is O=C(CCC1CCCCN1)NCC1(C2CC2)CC1. The van der Waals surface area contributed by atoms with Crippen LogP contribution in [0.4, 0.5) is 0 Å². The van der Waals surface area contributed by atoms with Crippen molar-refractivity contribution in [3.63, 3.8) is 0 Å². The number of piperidine rings is 1. The number of rotatable bonds is 6. The zero-order chi connectivity index (χ0) is 12.4. The zero-order valence-corrected chi connectivity index (χ0v) is 11.3. The first kappa shape index (κ1) is 12.5. The van der Waals surface area contributed by atoms with E-state index in [2.05, 4.69) is 10.6 Å². The number of hydrogen-bond acceptors (Lipinski definition) is 2. The van der Waals surface area contributed by atoms with Gasteiger partial charge in [-0.25, -0.2) is 0 Å². The summed E-state index contributed by atoms with van der Waals surface area (Å²) in [4.78, 5) is 11.9. The predicted octanol–water partition coefficient (Wildman–Crippen LogP) is 2.22. The highest BCUT2D eigenvalue weighted by molar-refractivity contribution is 5.76. The second-order valence-corrected chi connectivity index (χ2v) is 6.60. The van der Waals surface area contributed by atoms with E-state index in [0.717, 1.165) is 25.4 Å². The molecule has 18 heavy (non-hydrogen) atoms. The molecule has 1 amide bonds. The molecular weight excluding hydrogens is 224 g/mol. The van der Waals surface area contributed by atoms with Gasteiger partial charge in [0.2, 0.25) is 5.91 Å². The summed E-state index contributed by atoms with van der Waals surface area (Å²) in [5.41, 5.74) is 0.540. The predicted molar refractivity (Wildman–Crippen MR) is 72.3 cm³/mol. The quantitative estimate of drug-likeness (QED) is 0.759. The maximum atomic E-state index is 11.9. The molecule has 0 radical (unpaired) electrons. The van der Waals surface area contributed by atoms with E-state index < -0.39 is 0 Å². The highest BCUT2D eigenvalue weighted by Gasteiger charge is 2.53. The van der Waals surface area contributed by atoms with Crippen LogP contribution in [-0.4, -0.2) is 25.0 Å². The maximum absolute atomic E-state index is 11.9. The molecule has 1 aliphatic heterocycles. The summed E-state index contributed by atoms with van der Waals surface area (Å²) < 4.78 is 0. The Balaban J connectivity index is 1.32. The van der Waals surface area contributed by atoms with Crippen LogP contribution in [0.5, 0.6) is 0 Å². The van der Waals surface area contributed by atoms with Crippen molar-refractivity contribution in [3.8, 4) is 0 Å². The van der Waals surface area contributed by atoms with Crippen LogP contribution in [0.3, 0.4) is 0 Å². The first-order valence-electron chi connectivity index (χ1n) is 7.79.